The van der Waals surface area contributed by atoms with Gasteiger partial charge in [-0.15, -0.1) is 0 Å². The molecule has 1 amide bonds. The number of H-pyrrole nitrogens is 1. The Labute approximate surface area is 133 Å². The van der Waals surface area contributed by atoms with Gasteiger partial charge in [0.05, 0.1) is 11.8 Å². The number of ether oxygens (including phenoxy) is 1. The van der Waals surface area contributed by atoms with E-state index in [0.717, 1.165) is 50.3 Å². The van der Waals surface area contributed by atoms with Crippen molar-refractivity contribution in [3.8, 4) is 0 Å². The van der Waals surface area contributed by atoms with Crippen LogP contribution >= 0.6 is 0 Å². The minimum atomic E-state index is 0.197. The molecule has 2 atom stereocenters. The number of nitrogens with zero attached hydrogens (tertiary/aromatic N) is 2. The van der Waals surface area contributed by atoms with E-state index in [4.69, 9.17) is 4.74 Å². The van der Waals surface area contributed by atoms with Crippen LogP contribution in [0.1, 0.15) is 62.4 Å². The van der Waals surface area contributed by atoms with Crippen molar-refractivity contribution in [1.29, 1.82) is 0 Å². The first-order valence-corrected chi connectivity index (χ1v) is 8.43. The molecule has 1 aliphatic rings. The Morgan fingerprint density at radius 1 is 1.50 bits per heavy atom. The summed E-state index contributed by atoms with van der Waals surface area (Å²) in [5, 5.41) is 7.24. The van der Waals surface area contributed by atoms with Crippen LogP contribution in [0.5, 0.6) is 0 Å². The summed E-state index contributed by atoms with van der Waals surface area (Å²) in [6, 6.07) is 0. The molecular weight excluding hydrogens is 278 g/mol. The average molecular weight is 307 g/mol. The fourth-order valence-electron chi connectivity index (χ4n) is 3.36. The fraction of sp³-hybridized carbons (Fsp3) is 0.765. The SMILES string of the molecule is CCCO[C@H]1CCCN(C(=O)C[C@@H](C)c2c(C)n[nH]c2C)C1. The lowest BCUT2D eigenvalue weighted by atomic mass is 9.95. The van der Waals surface area contributed by atoms with Crippen LogP contribution in [0.3, 0.4) is 0 Å². The molecule has 1 saturated heterocycles. The minimum Gasteiger partial charge on any atom is -0.376 e. The zero-order chi connectivity index (χ0) is 16.1. The average Bonchev–Trinajstić information content (AvgIpc) is 2.84. The maximum atomic E-state index is 12.6. The highest BCUT2D eigenvalue weighted by Gasteiger charge is 2.26. The molecule has 2 rings (SSSR count). The van der Waals surface area contributed by atoms with Crippen molar-refractivity contribution >= 4 is 5.91 Å². The Balaban J connectivity index is 1.91. The van der Waals surface area contributed by atoms with E-state index < -0.39 is 0 Å². The minimum absolute atomic E-state index is 0.197. The lowest BCUT2D eigenvalue weighted by Crippen LogP contribution is -2.43. The molecule has 5 nitrogen and oxygen atoms in total. The maximum Gasteiger partial charge on any atom is 0.223 e. The van der Waals surface area contributed by atoms with E-state index in [2.05, 4.69) is 24.0 Å². The molecule has 1 fully saturated rings. The second-order valence-corrected chi connectivity index (χ2v) is 6.43. The van der Waals surface area contributed by atoms with Gasteiger partial charge in [-0.1, -0.05) is 13.8 Å². The summed E-state index contributed by atoms with van der Waals surface area (Å²) in [6.45, 7) is 10.6. The second kappa shape index (κ2) is 7.77. The molecular formula is C17H29N3O2. The third kappa shape index (κ3) is 4.09. The summed E-state index contributed by atoms with van der Waals surface area (Å²) < 4.78 is 5.82. The molecule has 22 heavy (non-hydrogen) atoms. The number of aromatic nitrogens is 2. The number of aromatic amines is 1. The number of rotatable bonds is 6. The number of carbonyl (C=O) groups excluding carboxylic acids is 1. The molecule has 5 heteroatoms. The first-order valence-electron chi connectivity index (χ1n) is 8.43. The molecule has 0 unspecified atom stereocenters. The highest BCUT2D eigenvalue weighted by Crippen LogP contribution is 2.26. The number of amides is 1. The Morgan fingerprint density at radius 3 is 2.91 bits per heavy atom. The Kier molecular flexibility index (Phi) is 6.00. The molecule has 1 aliphatic heterocycles. The van der Waals surface area contributed by atoms with Gasteiger partial charge < -0.3 is 9.64 Å². The number of hydrogen-bond donors (Lipinski definition) is 1. The van der Waals surface area contributed by atoms with E-state index in [1.54, 1.807) is 0 Å². The van der Waals surface area contributed by atoms with E-state index in [-0.39, 0.29) is 17.9 Å². The summed E-state index contributed by atoms with van der Waals surface area (Å²) >= 11 is 0. The topological polar surface area (TPSA) is 58.2 Å². The summed E-state index contributed by atoms with van der Waals surface area (Å²) in [5.41, 5.74) is 3.25. The van der Waals surface area contributed by atoms with Crippen molar-refractivity contribution in [3.05, 3.63) is 17.0 Å². The molecule has 0 radical (unpaired) electrons. The van der Waals surface area contributed by atoms with E-state index in [1.807, 2.05) is 18.7 Å². The molecule has 0 aromatic carbocycles. The quantitative estimate of drug-likeness (QED) is 0.879. The van der Waals surface area contributed by atoms with Crippen molar-refractivity contribution in [2.45, 2.75) is 65.4 Å². The van der Waals surface area contributed by atoms with Gasteiger partial charge in [0.1, 0.15) is 0 Å². The second-order valence-electron chi connectivity index (χ2n) is 6.43. The molecule has 1 aromatic heterocycles. The predicted molar refractivity (Wildman–Crippen MR) is 86.9 cm³/mol. The van der Waals surface area contributed by atoms with Gasteiger partial charge in [0.2, 0.25) is 5.91 Å². The number of hydrogen-bond acceptors (Lipinski definition) is 3. The van der Waals surface area contributed by atoms with Crippen LogP contribution in [0.2, 0.25) is 0 Å². The Hall–Kier alpha value is -1.36. The number of aryl methyl sites for hydroxylation is 2. The van der Waals surface area contributed by atoms with Crippen molar-refractivity contribution in [1.82, 2.24) is 15.1 Å². The summed E-state index contributed by atoms with van der Waals surface area (Å²) in [5.74, 6) is 0.431. The van der Waals surface area contributed by atoms with E-state index >= 15 is 0 Å². The monoisotopic (exact) mass is 307 g/mol. The van der Waals surface area contributed by atoms with Crippen LogP contribution in [-0.2, 0) is 9.53 Å². The van der Waals surface area contributed by atoms with E-state index in [9.17, 15) is 4.79 Å². The molecule has 1 N–H and O–H groups in total. The highest BCUT2D eigenvalue weighted by atomic mass is 16.5. The zero-order valence-electron chi connectivity index (χ0n) is 14.3. The largest absolute Gasteiger partial charge is 0.376 e. The van der Waals surface area contributed by atoms with Crippen LogP contribution in [0.15, 0.2) is 0 Å². The molecule has 0 bridgehead atoms. The first kappa shape index (κ1) is 17.0. The zero-order valence-corrected chi connectivity index (χ0v) is 14.3. The lowest BCUT2D eigenvalue weighted by Gasteiger charge is -2.33. The van der Waals surface area contributed by atoms with Crippen LogP contribution < -0.4 is 0 Å². The van der Waals surface area contributed by atoms with Gasteiger partial charge in [-0.3, -0.25) is 9.89 Å². The van der Waals surface area contributed by atoms with Crippen LogP contribution in [0.4, 0.5) is 0 Å². The molecule has 124 valence electrons. The molecule has 1 aromatic rings. The molecule has 0 spiro atoms. The number of carbonyl (C=O) groups is 1. The Morgan fingerprint density at radius 2 is 2.27 bits per heavy atom. The van der Waals surface area contributed by atoms with Gasteiger partial charge in [-0.05, 0) is 44.6 Å². The summed E-state index contributed by atoms with van der Waals surface area (Å²) in [7, 11) is 0. The molecule has 0 saturated carbocycles. The van der Waals surface area contributed by atoms with Crippen molar-refractivity contribution < 1.29 is 9.53 Å². The van der Waals surface area contributed by atoms with Crippen molar-refractivity contribution in [3.63, 3.8) is 0 Å². The van der Waals surface area contributed by atoms with Gasteiger partial charge in [0.15, 0.2) is 0 Å². The predicted octanol–water partition coefficient (Wildman–Crippen LogP) is 2.94. The van der Waals surface area contributed by atoms with Gasteiger partial charge in [0, 0.05) is 31.8 Å². The maximum absolute atomic E-state index is 12.6. The van der Waals surface area contributed by atoms with Crippen LogP contribution in [0, 0.1) is 13.8 Å². The molecule has 0 aliphatic carbocycles. The van der Waals surface area contributed by atoms with Gasteiger partial charge in [0.25, 0.3) is 0 Å². The summed E-state index contributed by atoms with van der Waals surface area (Å²) in [6.07, 6.45) is 3.89. The van der Waals surface area contributed by atoms with E-state index in [1.165, 1.54) is 5.56 Å². The Bertz CT molecular complexity index is 479. The lowest BCUT2D eigenvalue weighted by molar-refractivity contribution is -0.135. The van der Waals surface area contributed by atoms with E-state index in [0.29, 0.717) is 6.42 Å². The third-order valence-corrected chi connectivity index (χ3v) is 4.45. The fourth-order valence-corrected chi connectivity index (χ4v) is 3.36. The molecule has 2 heterocycles. The van der Waals surface area contributed by atoms with Crippen molar-refractivity contribution in [2.75, 3.05) is 19.7 Å². The summed E-state index contributed by atoms with van der Waals surface area (Å²) in [4.78, 5) is 14.6. The van der Waals surface area contributed by atoms with Gasteiger partial charge in [-0.2, -0.15) is 5.10 Å². The number of nitrogens with one attached hydrogen (secondary N) is 1. The highest BCUT2D eigenvalue weighted by molar-refractivity contribution is 5.77. The van der Waals surface area contributed by atoms with Gasteiger partial charge in [-0.25, -0.2) is 0 Å². The van der Waals surface area contributed by atoms with Crippen LogP contribution in [0.25, 0.3) is 0 Å². The third-order valence-electron chi connectivity index (χ3n) is 4.45. The van der Waals surface area contributed by atoms with Crippen LogP contribution in [-0.4, -0.2) is 46.8 Å². The number of piperidine rings is 1. The number of likely N-dealkylation sites (tertiary alicyclic amines) is 1. The first-order chi connectivity index (χ1) is 10.5. The standard InChI is InChI=1S/C17H29N3O2/c1-5-9-22-15-7-6-8-20(11-15)16(21)10-12(2)17-13(3)18-19-14(17)4/h12,15H,5-11H2,1-4H3,(H,18,19)/t12-,15+/m1/s1. The smallest absolute Gasteiger partial charge is 0.223 e. The van der Waals surface area contributed by atoms with Gasteiger partial charge >= 0.3 is 0 Å². The normalized spacial score (nSPS) is 20.2. The van der Waals surface area contributed by atoms with Crippen molar-refractivity contribution in [2.24, 2.45) is 0 Å².